The van der Waals surface area contributed by atoms with E-state index in [2.05, 4.69) is 10.6 Å². The van der Waals surface area contributed by atoms with E-state index in [4.69, 9.17) is 5.73 Å². The van der Waals surface area contributed by atoms with Crippen molar-refractivity contribution in [2.24, 2.45) is 11.7 Å². The maximum Gasteiger partial charge on any atom is 0.227 e. The summed E-state index contributed by atoms with van der Waals surface area (Å²) in [6.45, 7) is 0.323. The number of hydrogen-bond acceptors (Lipinski definition) is 3. The van der Waals surface area contributed by atoms with Gasteiger partial charge in [0.25, 0.3) is 0 Å². The van der Waals surface area contributed by atoms with Gasteiger partial charge in [0.1, 0.15) is 0 Å². The van der Waals surface area contributed by atoms with E-state index in [0.717, 1.165) is 12.8 Å². The van der Waals surface area contributed by atoms with E-state index in [9.17, 15) is 9.59 Å². The maximum absolute atomic E-state index is 11.6. The molecule has 0 aromatic heterocycles. The Morgan fingerprint density at radius 2 is 1.84 bits per heavy atom. The number of carbonyl (C=O) groups excluding carboxylic acids is 2. The van der Waals surface area contributed by atoms with E-state index < -0.39 is 0 Å². The summed E-state index contributed by atoms with van der Waals surface area (Å²) in [6, 6.07) is 7.12. The molecule has 0 unspecified atom stereocenters. The molecule has 0 heterocycles. The van der Waals surface area contributed by atoms with Gasteiger partial charge in [-0.1, -0.05) is 6.07 Å². The van der Waals surface area contributed by atoms with Gasteiger partial charge in [-0.3, -0.25) is 9.59 Å². The summed E-state index contributed by atoms with van der Waals surface area (Å²) in [5, 5.41) is 5.57. The molecule has 1 aromatic rings. The molecule has 1 fully saturated rings. The first-order valence-corrected chi connectivity index (χ1v) is 6.10. The van der Waals surface area contributed by atoms with Crippen LogP contribution in [-0.4, -0.2) is 18.4 Å². The molecule has 0 atom stereocenters. The van der Waals surface area contributed by atoms with Gasteiger partial charge in [-0.2, -0.15) is 0 Å². The van der Waals surface area contributed by atoms with E-state index in [1.54, 1.807) is 24.3 Å². The van der Waals surface area contributed by atoms with Gasteiger partial charge >= 0.3 is 0 Å². The first kappa shape index (κ1) is 15.5. The van der Waals surface area contributed by atoms with E-state index in [1.165, 1.54) is 0 Å². The Kier molecular flexibility index (Phi) is 5.79. The number of benzene rings is 1. The third kappa shape index (κ3) is 4.89. The van der Waals surface area contributed by atoms with Crippen molar-refractivity contribution < 1.29 is 9.59 Å². The lowest BCUT2D eigenvalue weighted by atomic mass is 10.2. The van der Waals surface area contributed by atoms with Crippen LogP contribution in [0.1, 0.15) is 19.3 Å². The SMILES string of the molecule is Cl.NCCC(=O)Nc1cccc(NC(=O)C2CC2)c1. The number of nitrogens with two attached hydrogens (primary N) is 1. The summed E-state index contributed by atoms with van der Waals surface area (Å²) in [7, 11) is 0. The van der Waals surface area contributed by atoms with Crippen LogP contribution in [0, 0.1) is 5.92 Å². The zero-order chi connectivity index (χ0) is 13.0. The Balaban J connectivity index is 0.00000180. The normalized spacial score (nSPS) is 13.3. The van der Waals surface area contributed by atoms with Crippen molar-refractivity contribution in [3.8, 4) is 0 Å². The van der Waals surface area contributed by atoms with E-state index in [0.29, 0.717) is 24.3 Å². The van der Waals surface area contributed by atoms with Crippen molar-refractivity contribution in [3.05, 3.63) is 24.3 Å². The average Bonchev–Trinajstić information content (AvgIpc) is 3.13. The summed E-state index contributed by atoms with van der Waals surface area (Å²) >= 11 is 0. The first-order chi connectivity index (χ1) is 8.69. The molecule has 104 valence electrons. The smallest absolute Gasteiger partial charge is 0.227 e. The molecule has 1 saturated carbocycles. The van der Waals surface area contributed by atoms with Crippen LogP contribution in [0.2, 0.25) is 0 Å². The van der Waals surface area contributed by atoms with E-state index in [-0.39, 0.29) is 30.1 Å². The summed E-state index contributed by atoms with van der Waals surface area (Å²) in [5.74, 6) is 0.101. The van der Waals surface area contributed by atoms with Gasteiger partial charge in [-0.15, -0.1) is 12.4 Å². The zero-order valence-electron chi connectivity index (χ0n) is 10.5. The van der Waals surface area contributed by atoms with Crippen molar-refractivity contribution in [2.45, 2.75) is 19.3 Å². The number of hydrogen-bond donors (Lipinski definition) is 3. The molecule has 2 rings (SSSR count). The summed E-state index contributed by atoms with van der Waals surface area (Å²) < 4.78 is 0. The molecule has 0 aliphatic heterocycles. The average molecular weight is 284 g/mol. The molecule has 6 heteroatoms. The molecule has 0 bridgehead atoms. The van der Waals surface area contributed by atoms with Crippen LogP contribution in [0.15, 0.2) is 24.3 Å². The number of carbonyl (C=O) groups is 2. The fraction of sp³-hybridized carbons (Fsp3) is 0.385. The highest BCUT2D eigenvalue weighted by Gasteiger charge is 2.29. The second-order valence-corrected chi connectivity index (χ2v) is 4.43. The Labute approximate surface area is 118 Å². The Bertz CT molecular complexity index is 461. The van der Waals surface area contributed by atoms with Gasteiger partial charge in [0.15, 0.2) is 0 Å². The number of amides is 2. The number of halogens is 1. The van der Waals surface area contributed by atoms with Crippen LogP contribution >= 0.6 is 12.4 Å². The van der Waals surface area contributed by atoms with Crippen molar-refractivity contribution in [1.29, 1.82) is 0 Å². The van der Waals surface area contributed by atoms with Crippen LogP contribution in [0.5, 0.6) is 0 Å². The van der Waals surface area contributed by atoms with Gasteiger partial charge in [0.2, 0.25) is 11.8 Å². The maximum atomic E-state index is 11.6. The minimum atomic E-state index is -0.122. The molecule has 1 aliphatic carbocycles. The van der Waals surface area contributed by atoms with Crippen molar-refractivity contribution in [1.82, 2.24) is 0 Å². The predicted octanol–water partition coefficient (Wildman–Crippen LogP) is 1.74. The number of nitrogens with one attached hydrogen (secondary N) is 2. The van der Waals surface area contributed by atoms with Gasteiger partial charge in [-0.25, -0.2) is 0 Å². The lowest BCUT2D eigenvalue weighted by Gasteiger charge is -2.08. The highest BCUT2D eigenvalue weighted by atomic mass is 35.5. The van der Waals surface area contributed by atoms with Crippen LogP contribution in [0.3, 0.4) is 0 Å². The van der Waals surface area contributed by atoms with E-state index >= 15 is 0 Å². The van der Waals surface area contributed by atoms with Gasteiger partial charge in [0.05, 0.1) is 0 Å². The predicted molar refractivity (Wildman–Crippen MR) is 77.3 cm³/mol. The summed E-state index contributed by atoms with van der Waals surface area (Å²) in [6.07, 6.45) is 2.23. The van der Waals surface area contributed by atoms with Crippen LogP contribution in [0.4, 0.5) is 11.4 Å². The first-order valence-electron chi connectivity index (χ1n) is 6.10. The topological polar surface area (TPSA) is 84.2 Å². The Morgan fingerprint density at radius 1 is 1.21 bits per heavy atom. The molecule has 0 radical (unpaired) electrons. The fourth-order valence-electron chi connectivity index (χ4n) is 1.62. The largest absolute Gasteiger partial charge is 0.330 e. The standard InChI is InChI=1S/C13H17N3O2.ClH/c14-7-6-12(17)15-10-2-1-3-11(8-10)16-13(18)9-4-5-9;/h1-3,8-9H,4-7,14H2,(H,15,17)(H,16,18);1H. The molecular formula is C13H18ClN3O2. The fourth-order valence-corrected chi connectivity index (χ4v) is 1.62. The molecule has 0 spiro atoms. The zero-order valence-corrected chi connectivity index (χ0v) is 11.3. The second-order valence-electron chi connectivity index (χ2n) is 4.43. The Hall–Kier alpha value is -1.59. The third-order valence-corrected chi connectivity index (χ3v) is 2.73. The van der Waals surface area contributed by atoms with Crippen LogP contribution < -0.4 is 16.4 Å². The van der Waals surface area contributed by atoms with Crippen molar-refractivity contribution in [3.63, 3.8) is 0 Å². The van der Waals surface area contributed by atoms with Crippen LogP contribution in [0.25, 0.3) is 0 Å². The number of anilines is 2. The summed E-state index contributed by atoms with van der Waals surface area (Å²) in [4.78, 5) is 23.0. The summed E-state index contributed by atoms with van der Waals surface area (Å²) in [5.41, 5.74) is 6.68. The lowest BCUT2D eigenvalue weighted by Crippen LogP contribution is -2.17. The number of rotatable bonds is 5. The lowest BCUT2D eigenvalue weighted by molar-refractivity contribution is -0.117. The highest BCUT2D eigenvalue weighted by molar-refractivity contribution is 5.95. The van der Waals surface area contributed by atoms with Gasteiger partial charge < -0.3 is 16.4 Å². The van der Waals surface area contributed by atoms with Crippen molar-refractivity contribution >= 4 is 35.6 Å². The quantitative estimate of drug-likeness (QED) is 0.770. The van der Waals surface area contributed by atoms with Crippen molar-refractivity contribution in [2.75, 3.05) is 17.2 Å². The highest BCUT2D eigenvalue weighted by Crippen LogP contribution is 2.30. The molecular weight excluding hydrogens is 266 g/mol. The van der Waals surface area contributed by atoms with Gasteiger partial charge in [-0.05, 0) is 31.0 Å². The minimum absolute atomic E-state index is 0. The second kappa shape index (κ2) is 7.11. The molecule has 4 N–H and O–H groups in total. The van der Waals surface area contributed by atoms with Crippen LogP contribution in [-0.2, 0) is 9.59 Å². The molecule has 0 saturated heterocycles. The third-order valence-electron chi connectivity index (χ3n) is 2.73. The molecule has 5 nitrogen and oxygen atoms in total. The molecule has 19 heavy (non-hydrogen) atoms. The molecule has 1 aliphatic rings. The minimum Gasteiger partial charge on any atom is -0.330 e. The van der Waals surface area contributed by atoms with Gasteiger partial charge in [0, 0.05) is 30.3 Å². The monoisotopic (exact) mass is 283 g/mol. The molecule has 1 aromatic carbocycles. The molecule has 2 amide bonds. The van der Waals surface area contributed by atoms with E-state index in [1.807, 2.05) is 0 Å². The Morgan fingerprint density at radius 3 is 2.42 bits per heavy atom.